The zero-order valence-electron chi connectivity index (χ0n) is 12.5. The van der Waals surface area contributed by atoms with E-state index in [0.717, 1.165) is 63.1 Å². The molecule has 1 atom stereocenters. The Labute approximate surface area is 120 Å². The van der Waals surface area contributed by atoms with E-state index in [9.17, 15) is 0 Å². The number of nitrogens with zero attached hydrogens (tertiary/aromatic N) is 4. The Hall–Kier alpha value is -1.27. The molecule has 2 saturated heterocycles. The molecule has 6 nitrogen and oxygen atoms in total. The number of nitrogen functional groups attached to an aromatic ring is 1. The van der Waals surface area contributed by atoms with Crippen LogP contribution < -0.4 is 10.6 Å². The van der Waals surface area contributed by atoms with Gasteiger partial charge in [-0.15, -0.1) is 0 Å². The van der Waals surface area contributed by atoms with Crippen molar-refractivity contribution in [2.45, 2.75) is 32.9 Å². The lowest BCUT2D eigenvalue weighted by atomic mass is 10.2. The van der Waals surface area contributed by atoms with Crippen LogP contribution in [0.2, 0.25) is 0 Å². The first kappa shape index (κ1) is 13.7. The van der Waals surface area contributed by atoms with Crippen molar-refractivity contribution in [1.82, 2.24) is 14.7 Å². The van der Waals surface area contributed by atoms with Crippen LogP contribution in [0, 0.1) is 6.92 Å². The molecule has 1 aromatic rings. The van der Waals surface area contributed by atoms with Gasteiger partial charge in [0.15, 0.2) is 5.82 Å². The summed E-state index contributed by atoms with van der Waals surface area (Å²) in [6.45, 7) is 10.9. The van der Waals surface area contributed by atoms with E-state index < -0.39 is 0 Å². The summed E-state index contributed by atoms with van der Waals surface area (Å²) < 4.78 is 7.47. The van der Waals surface area contributed by atoms with Gasteiger partial charge in [-0.2, -0.15) is 5.10 Å². The predicted molar refractivity (Wildman–Crippen MR) is 80.1 cm³/mol. The monoisotopic (exact) mass is 279 g/mol. The van der Waals surface area contributed by atoms with Crippen molar-refractivity contribution >= 4 is 11.5 Å². The van der Waals surface area contributed by atoms with Crippen molar-refractivity contribution < 1.29 is 4.74 Å². The van der Waals surface area contributed by atoms with E-state index in [4.69, 9.17) is 10.5 Å². The topological polar surface area (TPSA) is 59.6 Å². The van der Waals surface area contributed by atoms with Crippen LogP contribution in [0.4, 0.5) is 11.5 Å². The summed E-state index contributed by atoms with van der Waals surface area (Å²) in [4.78, 5) is 4.96. The van der Waals surface area contributed by atoms with Crippen LogP contribution in [0.15, 0.2) is 0 Å². The molecule has 3 heterocycles. The minimum Gasteiger partial charge on any atom is -0.394 e. The van der Waals surface area contributed by atoms with Gasteiger partial charge >= 0.3 is 0 Å². The lowest BCUT2D eigenvalue weighted by Crippen LogP contribution is -2.44. The molecule has 6 heteroatoms. The molecule has 2 aliphatic rings. The summed E-state index contributed by atoms with van der Waals surface area (Å²) in [6.07, 6.45) is 1.20. The SMILES string of the molecule is CCn1nc(C)c(N)c1N1CCC(N2CCOCC2)C1. The van der Waals surface area contributed by atoms with Crippen molar-refractivity contribution in [1.29, 1.82) is 0 Å². The van der Waals surface area contributed by atoms with Crippen molar-refractivity contribution in [3.05, 3.63) is 5.69 Å². The Morgan fingerprint density at radius 2 is 2.05 bits per heavy atom. The van der Waals surface area contributed by atoms with Gasteiger partial charge in [-0.3, -0.25) is 4.90 Å². The van der Waals surface area contributed by atoms with Crippen molar-refractivity contribution in [3.63, 3.8) is 0 Å². The summed E-state index contributed by atoms with van der Waals surface area (Å²) in [5.74, 6) is 1.11. The minimum absolute atomic E-state index is 0.624. The second kappa shape index (κ2) is 5.61. The van der Waals surface area contributed by atoms with E-state index in [1.54, 1.807) is 0 Å². The Morgan fingerprint density at radius 1 is 1.30 bits per heavy atom. The van der Waals surface area contributed by atoms with Crippen LogP contribution in [-0.2, 0) is 11.3 Å². The minimum atomic E-state index is 0.624. The standard InChI is InChI=1S/C14H25N5O/c1-3-19-14(13(15)11(2)16-19)18-5-4-12(10-18)17-6-8-20-9-7-17/h12H,3-10,15H2,1-2H3. The number of morpholine rings is 1. The predicted octanol–water partition coefficient (Wildman–Crippen LogP) is 0.705. The first-order valence-corrected chi connectivity index (χ1v) is 7.60. The number of aromatic nitrogens is 2. The number of nitrogens with two attached hydrogens (primary N) is 1. The van der Waals surface area contributed by atoms with Crippen molar-refractivity contribution in [2.24, 2.45) is 0 Å². The number of rotatable bonds is 3. The van der Waals surface area contributed by atoms with Gasteiger partial charge in [-0.25, -0.2) is 4.68 Å². The molecule has 1 aromatic heterocycles. The normalized spacial score (nSPS) is 24.5. The second-order valence-corrected chi connectivity index (χ2v) is 5.68. The first-order chi connectivity index (χ1) is 9.70. The molecular weight excluding hydrogens is 254 g/mol. The van der Waals surface area contributed by atoms with Gasteiger partial charge < -0.3 is 15.4 Å². The van der Waals surface area contributed by atoms with E-state index in [2.05, 4.69) is 21.8 Å². The summed E-state index contributed by atoms with van der Waals surface area (Å²) in [5.41, 5.74) is 8.01. The summed E-state index contributed by atoms with van der Waals surface area (Å²) in [6, 6.07) is 0.624. The molecule has 0 saturated carbocycles. The Morgan fingerprint density at radius 3 is 2.75 bits per heavy atom. The third-order valence-electron chi connectivity index (χ3n) is 4.47. The number of aryl methyl sites for hydroxylation is 2. The van der Waals surface area contributed by atoms with E-state index in [-0.39, 0.29) is 0 Å². The van der Waals surface area contributed by atoms with Gasteiger partial charge in [0.25, 0.3) is 0 Å². The van der Waals surface area contributed by atoms with Gasteiger partial charge in [-0.05, 0) is 20.3 Å². The van der Waals surface area contributed by atoms with Crippen LogP contribution in [0.5, 0.6) is 0 Å². The van der Waals surface area contributed by atoms with E-state index >= 15 is 0 Å². The molecule has 2 N–H and O–H groups in total. The third-order valence-corrected chi connectivity index (χ3v) is 4.47. The fourth-order valence-electron chi connectivity index (χ4n) is 3.31. The van der Waals surface area contributed by atoms with Crippen molar-refractivity contribution in [2.75, 3.05) is 50.0 Å². The Kier molecular flexibility index (Phi) is 3.85. The van der Waals surface area contributed by atoms with Crippen molar-refractivity contribution in [3.8, 4) is 0 Å². The van der Waals surface area contributed by atoms with Crippen LogP contribution in [0.1, 0.15) is 19.0 Å². The largest absolute Gasteiger partial charge is 0.394 e. The van der Waals surface area contributed by atoms with Crippen LogP contribution in [-0.4, -0.2) is 60.1 Å². The highest BCUT2D eigenvalue weighted by atomic mass is 16.5. The second-order valence-electron chi connectivity index (χ2n) is 5.68. The van der Waals surface area contributed by atoms with Gasteiger partial charge in [0.05, 0.1) is 24.6 Å². The fraction of sp³-hybridized carbons (Fsp3) is 0.786. The maximum atomic E-state index is 6.22. The molecule has 3 rings (SSSR count). The highest BCUT2D eigenvalue weighted by Gasteiger charge is 2.31. The smallest absolute Gasteiger partial charge is 0.150 e. The van der Waals surface area contributed by atoms with Gasteiger partial charge in [0.2, 0.25) is 0 Å². The summed E-state index contributed by atoms with van der Waals surface area (Å²) in [7, 11) is 0. The average Bonchev–Trinajstić information content (AvgIpc) is 3.06. The maximum absolute atomic E-state index is 6.22. The first-order valence-electron chi connectivity index (χ1n) is 7.60. The zero-order valence-corrected chi connectivity index (χ0v) is 12.5. The van der Waals surface area contributed by atoms with Crippen LogP contribution >= 0.6 is 0 Å². The molecule has 112 valence electrons. The molecule has 20 heavy (non-hydrogen) atoms. The number of ether oxygens (including phenoxy) is 1. The highest BCUT2D eigenvalue weighted by molar-refractivity contribution is 5.66. The lowest BCUT2D eigenvalue weighted by molar-refractivity contribution is 0.0209. The average molecular weight is 279 g/mol. The Bertz CT molecular complexity index is 466. The Balaban J connectivity index is 1.73. The van der Waals surface area contributed by atoms with Gasteiger partial charge in [-0.1, -0.05) is 0 Å². The molecule has 0 aliphatic carbocycles. The summed E-state index contributed by atoms with van der Waals surface area (Å²) >= 11 is 0. The molecule has 0 spiro atoms. The molecule has 0 radical (unpaired) electrons. The quantitative estimate of drug-likeness (QED) is 0.883. The maximum Gasteiger partial charge on any atom is 0.150 e. The van der Waals surface area contributed by atoms with E-state index in [0.29, 0.717) is 6.04 Å². The highest BCUT2D eigenvalue weighted by Crippen LogP contribution is 2.30. The van der Waals surface area contributed by atoms with Gasteiger partial charge in [0, 0.05) is 38.8 Å². The molecule has 1 unspecified atom stereocenters. The number of anilines is 2. The van der Waals surface area contributed by atoms with Crippen LogP contribution in [0.3, 0.4) is 0 Å². The fourth-order valence-corrected chi connectivity index (χ4v) is 3.31. The van der Waals surface area contributed by atoms with E-state index in [1.165, 1.54) is 6.42 Å². The third kappa shape index (κ3) is 2.38. The number of hydrogen-bond donors (Lipinski definition) is 1. The molecule has 2 aliphatic heterocycles. The van der Waals surface area contributed by atoms with Gasteiger partial charge in [0.1, 0.15) is 0 Å². The van der Waals surface area contributed by atoms with E-state index in [1.807, 2.05) is 11.6 Å². The summed E-state index contributed by atoms with van der Waals surface area (Å²) in [5, 5.41) is 4.53. The molecule has 2 fully saturated rings. The van der Waals surface area contributed by atoms with Crippen LogP contribution in [0.25, 0.3) is 0 Å². The molecule has 0 aromatic carbocycles. The molecule has 0 bridgehead atoms. The zero-order chi connectivity index (χ0) is 14.1. The molecular formula is C14H25N5O. The number of hydrogen-bond acceptors (Lipinski definition) is 5. The molecule has 0 amide bonds. The lowest BCUT2D eigenvalue weighted by Gasteiger charge is -2.32.